The maximum atomic E-state index is 10.6. The molecule has 0 aromatic carbocycles. The van der Waals surface area contributed by atoms with Gasteiger partial charge in [0.1, 0.15) is 5.01 Å². The van der Waals surface area contributed by atoms with Gasteiger partial charge in [0.2, 0.25) is 0 Å². The molecule has 2 fully saturated rings. The van der Waals surface area contributed by atoms with Crippen molar-refractivity contribution < 1.29 is 50.9 Å². The number of aliphatic carboxylic acids is 2. The van der Waals surface area contributed by atoms with Crippen LogP contribution in [0, 0.1) is 0 Å². The van der Waals surface area contributed by atoms with Crippen LogP contribution in [0.5, 0.6) is 0 Å². The number of pyridine rings is 1. The summed E-state index contributed by atoms with van der Waals surface area (Å²) in [5, 5.41) is 17.5. The van der Waals surface area contributed by atoms with Crippen LogP contribution in [-0.2, 0) is 27.5 Å². The lowest BCUT2D eigenvalue weighted by Gasteiger charge is -2.47. The molecule has 2 aromatic rings. The van der Waals surface area contributed by atoms with Gasteiger partial charge in [-0.2, -0.15) is 26.3 Å². The smallest absolute Gasteiger partial charge is 0.475 e. The third-order valence-electron chi connectivity index (χ3n) is 4.73. The SMILES string of the molecule is O=C(O)C(F)(F)F.O=C(O)C(F)(F)F.c1cncc(COC2CSC3(C2)CN(Cc2nccs2)C3)c1. The monoisotopic (exact) mass is 561 g/mol. The Morgan fingerprint density at radius 3 is 2.19 bits per heavy atom. The van der Waals surface area contributed by atoms with Crippen molar-refractivity contribution in [1.29, 1.82) is 0 Å². The Bertz CT molecular complexity index is 946. The van der Waals surface area contributed by atoms with Gasteiger partial charge in [-0.25, -0.2) is 14.6 Å². The van der Waals surface area contributed by atoms with Crippen molar-refractivity contribution in [2.24, 2.45) is 0 Å². The van der Waals surface area contributed by atoms with E-state index in [0.29, 0.717) is 17.5 Å². The summed E-state index contributed by atoms with van der Waals surface area (Å²) in [5.74, 6) is -4.40. The number of hydrogen-bond acceptors (Lipinski definition) is 8. The van der Waals surface area contributed by atoms with Gasteiger partial charge in [0.25, 0.3) is 0 Å². The highest BCUT2D eigenvalue weighted by Gasteiger charge is 2.49. The Kier molecular flexibility index (Phi) is 10.5. The molecule has 2 aliphatic rings. The number of likely N-dealkylation sites (tertiary alicyclic amines) is 1. The van der Waals surface area contributed by atoms with Gasteiger partial charge in [0, 0.05) is 47.6 Å². The number of nitrogens with zero attached hydrogens (tertiary/aromatic N) is 3. The first kappa shape index (κ1) is 29.8. The molecule has 2 N–H and O–H groups in total. The fourth-order valence-electron chi connectivity index (χ4n) is 3.23. The zero-order valence-corrected chi connectivity index (χ0v) is 20.0. The molecule has 36 heavy (non-hydrogen) atoms. The number of ether oxygens (including phenoxy) is 1. The lowest BCUT2D eigenvalue weighted by Crippen LogP contribution is -2.58. The average Bonchev–Trinajstić information content (AvgIpc) is 3.43. The van der Waals surface area contributed by atoms with Gasteiger partial charge >= 0.3 is 24.3 Å². The van der Waals surface area contributed by atoms with Gasteiger partial charge in [0.15, 0.2) is 0 Å². The highest BCUT2D eigenvalue weighted by Crippen LogP contribution is 2.46. The van der Waals surface area contributed by atoms with Crippen LogP contribution in [0.3, 0.4) is 0 Å². The van der Waals surface area contributed by atoms with Crippen molar-refractivity contribution in [2.75, 3.05) is 18.8 Å². The molecular weight excluding hydrogens is 540 g/mol. The van der Waals surface area contributed by atoms with E-state index in [1.54, 1.807) is 17.5 Å². The molecule has 2 aliphatic heterocycles. The van der Waals surface area contributed by atoms with Crippen LogP contribution in [0.2, 0.25) is 0 Å². The predicted molar refractivity (Wildman–Crippen MR) is 117 cm³/mol. The van der Waals surface area contributed by atoms with Crippen LogP contribution < -0.4 is 0 Å². The number of thiazole rings is 1. The van der Waals surface area contributed by atoms with Crippen molar-refractivity contribution in [3.8, 4) is 0 Å². The summed E-state index contributed by atoms with van der Waals surface area (Å²) in [6.07, 6.45) is -3.03. The molecule has 16 heteroatoms. The highest BCUT2D eigenvalue weighted by atomic mass is 32.2. The second kappa shape index (κ2) is 12.7. The molecule has 2 saturated heterocycles. The maximum absolute atomic E-state index is 10.6. The minimum atomic E-state index is -5.08. The van der Waals surface area contributed by atoms with E-state index in [1.165, 1.54) is 24.5 Å². The lowest BCUT2D eigenvalue weighted by molar-refractivity contribution is -0.193. The Morgan fingerprint density at radius 1 is 1.11 bits per heavy atom. The molecule has 0 amide bonds. The summed E-state index contributed by atoms with van der Waals surface area (Å²) >= 11 is 3.84. The second-order valence-corrected chi connectivity index (χ2v) is 10.1. The van der Waals surface area contributed by atoms with Crippen molar-refractivity contribution >= 4 is 35.0 Å². The Hall–Kier alpha value is -2.43. The number of halogens is 6. The van der Waals surface area contributed by atoms with E-state index in [4.69, 9.17) is 24.5 Å². The zero-order valence-electron chi connectivity index (χ0n) is 18.3. The zero-order chi connectivity index (χ0) is 27.0. The van der Waals surface area contributed by atoms with Crippen LogP contribution in [-0.4, -0.2) is 79.1 Å². The van der Waals surface area contributed by atoms with Gasteiger partial charge in [-0.15, -0.1) is 23.1 Å². The van der Waals surface area contributed by atoms with E-state index in [1.807, 2.05) is 18.5 Å². The van der Waals surface area contributed by atoms with E-state index < -0.39 is 24.3 Å². The van der Waals surface area contributed by atoms with Crippen LogP contribution in [0.15, 0.2) is 36.1 Å². The normalized spacial score (nSPS) is 18.9. The van der Waals surface area contributed by atoms with E-state index in [2.05, 4.69) is 38.1 Å². The first-order valence-corrected chi connectivity index (χ1v) is 11.9. The number of thioether (sulfide) groups is 1. The molecule has 200 valence electrons. The summed E-state index contributed by atoms with van der Waals surface area (Å²) in [4.78, 5) is 28.8. The number of alkyl halides is 6. The predicted octanol–water partition coefficient (Wildman–Crippen LogP) is 4.08. The number of carboxylic acids is 2. The van der Waals surface area contributed by atoms with Crippen molar-refractivity contribution in [1.82, 2.24) is 14.9 Å². The summed E-state index contributed by atoms with van der Waals surface area (Å²) < 4.78 is 70.0. The molecule has 1 atom stereocenters. The Morgan fingerprint density at radius 2 is 1.72 bits per heavy atom. The average molecular weight is 562 g/mol. The molecule has 0 radical (unpaired) electrons. The fraction of sp³-hybridized carbons (Fsp3) is 0.500. The molecule has 0 bridgehead atoms. The molecular formula is C20H21F6N3O5S2. The number of carbonyl (C=O) groups is 2. The maximum Gasteiger partial charge on any atom is 0.490 e. The molecule has 0 aliphatic carbocycles. The summed E-state index contributed by atoms with van der Waals surface area (Å²) in [5.41, 5.74) is 1.16. The van der Waals surface area contributed by atoms with Crippen molar-refractivity contribution in [2.45, 2.75) is 42.8 Å². The summed E-state index contributed by atoms with van der Waals surface area (Å²) in [7, 11) is 0. The lowest BCUT2D eigenvalue weighted by atomic mass is 9.93. The minimum Gasteiger partial charge on any atom is -0.475 e. The number of rotatable bonds is 5. The molecule has 4 rings (SSSR count). The molecule has 1 unspecified atom stereocenters. The Balaban J connectivity index is 0.000000271. The first-order chi connectivity index (χ1) is 16.7. The van der Waals surface area contributed by atoms with Gasteiger partial charge in [-0.05, 0) is 18.1 Å². The molecule has 1 spiro atoms. The fourth-order valence-corrected chi connectivity index (χ4v) is 5.49. The molecule has 8 nitrogen and oxygen atoms in total. The van der Waals surface area contributed by atoms with Crippen LogP contribution in [0.4, 0.5) is 26.3 Å². The van der Waals surface area contributed by atoms with E-state index in [0.717, 1.165) is 17.9 Å². The quantitative estimate of drug-likeness (QED) is 0.522. The van der Waals surface area contributed by atoms with Gasteiger partial charge in [0.05, 0.1) is 19.3 Å². The highest BCUT2D eigenvalue weighted by molar-refractivity contribution is 8.01. The molecule has 0 saturated carbocycles. The topological polar surface area (TPSA) is 113 Å². The largest absolute Gasteiger partial charge is 0.490 e. The summed E-state index contributed by atoms with van der Waals surface area (Å²) in [6.45, 7) is 4.02. The van der Waals surface area contributed by atoms with E-state index >= 15 is 0 Å². The third-order valence-corrected chi connectivity index (χ3v) is 7.07. The molecule has 4 heterocycles. The van der Waals surface area contributed by atoms with Crippen molar-refractivity contribution in [3.63, 3.8) is 0 Å². The standard InChI is InChI=1S/C16H19N3OS2.2C2HF3O2/c1-2-13(7-17-3-1)9-20-14-6-16(22-10-14)11-19(12-16)8-15-18-4-5-21-15;2*3-2(4,5)1(6)7/h1-5,7,14H,6,8-12H2;2*(H,6,7). The van der Waals surface area contributed by atoms with E-state index in [9.17, 15) is 26.3 Å². The Labute approximate surface area is 209 Å². The van der Waals surface area contributed by atoms with Crippen LogP contribution in [0.25, 0.3) is 0 Å². The van der Waals surface area contributed by atoms with Gasteiger partial charge < -0.3 is 14.9 Å². The van der Waals surface area contributed by atoms with E-state index in [-0.39, 0.29) is 0 Å². The molecule has 2 aromatic heterocycles. The second-order valence-electron chi connectivity index (χ2n) is 7.67. The van der Waals surface area contributed by atoms with Gasteiger partial charge in [-0.1, -0.05) is 6.07 Å². The number of hydrogen-bond donors (Lipinski definition) is 2. The minimum absolute atomic E-state index is 0.382. The van der Waals surface area contributed by atoms with Crippen molar-refractivity contribution in [3.05, 3.63) is 46.7 Å². The number of aromatic nitrogens is 2. The number of carboxylic acid groups (broad SMARTS) is 2. The van der Waals surface area contributed by atoms with Crippen LogP contribution in [0.1, 0.15) is 17.0 Å². The van der Waals surface area contributed by atoms with Crippen LogP contribution >= 0.6 is 23.1 Å². The summed E-state index contributed by atoms with van der Waals surface area (Å²) in [6, 6.07) is 4.04. The third kappa shape index (κ3) is 9.91. The van der Waals surface area contributed by atoms with Gasteiger partial charge in [-0.3, -0.25) is 9.88 Å². The first-order valence-electron chi connectivity index (χ1n) is 10.1.